The van der Waals surface area contributed by atoms with E-state index in [-0.39, 0.29) is 11.3 Å². The summed E-state index contributed by atoms with van der Waals surface area (Å²) in [6.07, 6.45) is 2.20. The number of piperidine rings is 1. The molecule has 2 N–H and O–H groups in total. The Morgan fingerprint density at radius 1 is 1.30 bits per heavy atom. The van der Waals surface area contributed by atoms with E-state index in [2.05, 4.69) is 6.92 Å². The minimum absolute atomic E-state index is 0.0873. The maximum Gasteiger partial charge on any atom is 0.226 e. The summed E-state index contributed by atoms with van der Waals surface area (Å²) in [5.41, 5.74) is 7.99. The zero-order valence-electron chi connectivity index (χ0n) is 12.2. The van der Waals surface area contributed by atoms with E-state index in [9.17, 15) is 4.79 Å². The summed E-state index contributed by atoms with van der Waals surface area (Å²) in [6, 6.07) is 8.14. The molecule has 0 bridgehead atoms. The van der Waals surface area contributed by atoms with Crippen LogP contribution < -0.4 is 5.73 Å². The maximum absolute atomic E-state index is 12.3. The molecule has 1 fully saturated rings. The van der Waals surface area contributed by atoms with Gasteiger partial charge in [0.05, 0.1) is 11.4 Å². The summed E-state index contributed by atoms with van der Waals surface area (Å²) in [5, 5.41) is 0. The van der Waals surface area contributed by atoms with Gasteiger partial charge in [0.25, 0.3) is 0 Å². The number of hydrogen-bond acceptors (Lipinski definition) is 2. The molecule has 1 aliphatic heterocycles. The molecule has 1 aromatic rings. The predicted octanol–water partition coefficient (Wildman–Crippen LogP) is 2.45. The van der Waals surface area contributed by atoms with E-state index in [1.807, 2.05) is 36.1 Å². The SMILES string of the molecule is Cc1ccc(CC(=O)N2CCC(C)(C(N)=S)CC2)cc1. The molecule has 1 heterocycles. The van der Waals surface area contributed by atoms with Gasteiger partial charge in [0, 0.05) is 18.5 Å². The molecular weight excluding hydrogens is 268 g/mol. The average Bonchev–Trinajstić information content (AvgIpc) is 2.42. The Morgan fingerprint density at radius 3 is 2.35 bits per heavy atom. The lowest BCUT2D eigenvalue weighted by Gasteiger charge is -2.38. The Bertz CT molecular complexity index is 502. The van der Waals surface area contributed by atoms with Crippen LogP contribution in [0.15, 0.2) is 24.3 Å². The van der Waals surface area contributed by atoms with E-state index in [0.717, 1.165) is 31.5 Å². The fraction of sp³-hybridized carbons (Fsp3) is 0.500. The number of benzene rings is 1. The standard InChI is InChI=1S/C16H22N2OS/c1-12-3-5-13(6-4-12)11-14(19)18-9-7-16(2,8-10-18)15(17)20/h3-6H,7-11H2,1-2H3,(H2,17,20). The third-order valence-electron chi connectivity index (χ3n) is 4.29. The van der Waals surface area contributed by atoms with Crippen molar-refractivity contribution >= 4 is 23.1 Å². The second kappa shape index (κ2) is 5.92. The first kappa shape index (κ1) is 15.0. The number of rotatable bonds is 3. The van der Waals surface area contributed by atoms with Gasteiger partial charge in [0.2, 0.25) is 5.91 Å². The molecule has 1 aliphatic rings. The van der Waals surface area contributed by atoms with Crippen LogP contribution in [0, 0.1) is 12.3 Å². The average molecular weight is 290 g/mol. The van der Waals surface area contributed by atoms with Crippen LogP contribution in [0.3, 0.4) is 0 Å². The fourth-order valence-electron chi connectivity index (χ4n) is 2.49. The highest BCUT2D eigenvalue weighted by Crippen LogP contribution is 2.31. The number of nitrogens with zero attached hydrogens (tertiary/aromatic N) is 1. The van der Waals surface area contributed by atoms with Crippen LogP contribution in [0.1, 0.15) is 30.9 Å². The van der Waals surface area contributed by atoms with Crippen LogP contribution in [0.25, 0.3) is 0 Å². The molecule has 2 rings (SSSR count). The molecule has 0 aliphatic carbocycles. The molecule has 0 atom stereocenters. The second-order valence-corrected chi connectivity index (χ2v) is 6.41. The Kier molecular flexibility index (Phi) is 4.43. The summed E-state index contributed by atoms with van der Waals surface area (Å²) >= 11 is 5.12. The lowest BCUT2D eigenvalue weighted by molar-refractivity contribution is -0.132. The molecule has 1 amide bonds. The van der Waals surface area contributed by atoms with E-state index in [0.29, 0.717) is 11.4 Å². The van der Waals surface area contributed by atoms with Gasteiger partial charge < -0.3 is 10.6 Å². The Hall–Kier alpha value is -1.42. The van der Waals surface area contributed by atoms with Gasteiger partial charge in [-0.05, 0) is 25.3 Å². The van der Waals surface area contributed by atoms with Crippen molar-refractivity contribution in [3.05, 3.63) is 35.4 Å². The number of nitrogens with two attached hydrogens (primary N) is 1. The molecule has 20 heavy (non-hydrogen) atoms. The van der Waals surface area contributed by atoms with Crippen molar-refractivity contribution in [2.45, 2.75) is 33.1 Å². The lowest BCUT2D eigenvalue weighted by atomic mass is 9.80. The highest BCUT2D eigenvalue weighted by atomic mass is 32.1. The van der Waals surface area contributed by atoms with Crippen molar-refractivity contribution in [1.29, 1.82) is 0 Å². The molecule has 1 saturated heterocycles. The predicted molar refractivity (Wildman–Crippen MR) is 85.6 cm³/mol. The second-order valence-electron chi connectivity index (χ2n) is 5.97. The monoisotopic (exact) mass is 290 g/mol. The van der Waals surface area contributed by atoms with E-state index < -0.39 is 0 Å². The van der Waals surface area contributed by atoms with E-state index in [1.54, 1.807) is 0 Å². The van der Waals surface area contributed by atoms with Crippen LogP contribution in [-0.2, 0) is 11.2 Å². The molecule has 0 saturated carbocycles. The first-order valence-electron chi connectivity index (χ1n) is 7.04. The summed E-state index contributed by atoms with van der Waals surface area (Å²) in [4.78, 5) is 14.8. The number of thiocarbonyl (C=S) groups is 1. The Balaban J connectivity index is 1.92. The van der Waals surface area contributed by atoms with E-state index in [4.69, 9.17) is 18.0 Å². The fourth-order valence-corrected chi connectivity index (χ4v) is 2.69. The van der Waals surface area contributed by atoms with Crippen molar-refractivity contribution in [3.8, 4) is 0 Å². The van der Waals surface area contributed by atoms with Gasteiger partial charge in [0.1, 0.15) is 0 Å². The minimum Gasteiger partial charge on any atom is -0.393 e. The van der Waals surface area contributed by atoms with Crippen molar-refractivity contribution < 1.29 is 4.79 Å². The summed E-state index contributed by atoms with van der Waals surface area (Å²) in [7, 11) is 0. The van der Waals surface area contributed by atoms with Crippen molar-refractivity contribution in [3.63, 3.8) is 0 Å². The highest BCUT2D eigenvalue weighted by molar-refractivity contribution is 7.80. The molecule has 0 radical (unpaired) electrons. The summed E-state index contributed by atoms with van der Waals surface area (Å²) in [6.45, 7) is 5.64. The summed E-state index contributed by atoms with van der Waals surface area (Å²) in [5.74, 6) is 0.193. The highest BCUT2D eigenvalue weighted by Gasteiger charge is 2.33. The quantitative estimate of drug-likeness (QED) is 0.870. The number of likely N-dealkylation sites (tertiary alicyclic amines) is 1. The molecule has 4 heteroatoms. The number of aryl methyl sites for hydroxylation is 1. The van der Waals surface area contributed by atoms with Crippen molar-refractivity contribution in [2.75, 3.05) is 13.1 Å². The van der Waals surface area contributed by atoms with Crippen molar-refractivity contribution in [1.82, 2.24) is 4.90 Å². The molecule has 0 spiro atoms. The summed E-state index contributed by atoms with van der Waals surface area (Å²) < 4.78 is 0. The van der Waals surface area contributed by atoms with Crippen molar-refractivity contribution in [2.24, 2.45) is 11.1 Å². The lowest BCUT2D eigenvalue weighted by Crippen LogP contribution is -2.47. The van der Waals surface area contributed by atoms with Gasteiger partial charge in [-0.2, -0.15) is 0 Å². The van der Waals surface area contributed by atoms with E-state index >= 15 is 0 Å². The van der Waals surface area contributed by atoms with Crippen LogP contribution in [0.2, 0.25) is 0 Å². The van der Waals surface area contributed by atoms with Gasteiger partial charge in [-0.25, -0.2) is 0 Å². The maximum atomic E-state index is 12.3. The van der Waals surface area contributed by atoms with Crippen LogP contribution in [0.4, 0.5) is 0 Å². The topological polar surface area (TPSA) is 46.3 Å². The van der Waals surface area contributed by atoms with Gasteiger partial charge in [-0.3, -0.25) is 4.79 Å². The zero-order chi connectivity index (χ0) is 14.8. The number of carbonyl (C=O) groups is 1. The van der Waals surface area contributed by atoms with Gasteiger partial charge >= 0.3 is 0 Å². The van der Waals surface area contributed by atoms with Gasteiger partial charge in [0.15, 0.2) is 0 Å². The largest absolute Gasteiger partial charge is 0.393 e. The number of carbonyl (C=O) groups excluding carboxylic acids is 1. The molecule has 108 valence electrons. The molecule has 0 unspecified atom stereocenters. The third-order valence-corrected chi connectivity index (χ3v) is 4.78. The minimum atomic E-state index is -0.0873. The molecular formula is C16H22N2OS. The van der Waals surface area contributed by atoms with E-state index in [1.165, 1.54) is 5.56 Å². The third kappa shape index (κ3) is 3.37. The van der Waals surface area contributed by atoms with Crippen LogP contribution >= 0.6 is 12.2 Å². The Labute approximate surface area is 126 Å². The Morgan fingerprint density at radius 2 is 1.85 bits per heavy atom. The van der Waals surface area contributed by atoms with Gasteiger partial charge in [-0.15, -0.1) is 0 Å². The molecule has 1 aromatic carbocycles. The zero-order valence-corrected chi connectivity index (χ0v) is 13.0. The first-order chi connectivity index (χ1) is 9.40. The van der Waals surface area contributed by atoms with Crippen LogP contribution in [0.5, 0.6) is 0 Å². The van der Waals surface area contributed by atoms with Gasteiger partial charge in [-0.1, -0.05) is 49.0 Å². The van der Waals surface area contributed by atoms with Crippen LogP contribution in [-0.4, -0.2) is 28.9 Å². The number of amides is 1. The normalized spacial score (nSPS) is 17.8. The molecule has 3 nitrogen and oxygen atoms in total. The smallest absolute Gasteiger partial charge is 0.226 e. The molecule has 0 aromatic heterocycles. The number of hydrogen-bond donors (Lipinski definition) is 1. The first-order valence-corrected chi connectivity index (χ1v) is 7.45.